The van der Waals surface area contributed by atoms with Crippen molar-refractivity contribution in [1.29, 1.82) is 0 Å². The third-order valence-corrected chi connectivity index (χ3v) is 11.6. The van der Waals surface area contributed by atoms with E-state index in [1.807, 2.05) is 18.2 Å². The van der Waals surface area contributed by atoms with Crippen LogP contribution >= 0.6 is 0 Å². The van der Waals surface area contributed by atoms with Crippen LogP contribution in [-0.4, -0.2) is 15.0 Å². The summed E-state index contributed by atoms with van der Waals surface area (Å²) in [5.74, 6) is 0. The highest BCUT2D eigenvalue weighted by Gasteiger charge is 2.17. The van der Waals surface area contributed by atoms with Crippen LogP contribution in [0.1, 0.15) is 33.4 Å². The number of hydrogen-bond acceptors (Lipinski definition) is 3. The van der Waals surface area contributed by atoms with Crippen molar-refractivity contribution in [2.75, 3.05) is 0 Å². The monoisotopic (exact) mass is 773 g/mol. The highest BCUT2D eigenvalue weighted by atomic mass is 14.7. The number of aromatic nitrogens is 3. The molecule has 0 aliphatic heterocycles. The Morgan fingerprint density at radius 2 is 0.700 bits per heavy atom. The quantitative estimate of drug-likeness (QED) is 0.124. The number of hydrogen-bond donors (Lipinski definition) is 0. The van der Waals surface area contributed by atoms with Gasteiger partial charge in [-0.2, -0.15) is 0 Å². The minimum atomic E-state index is 0.908. The largest absolute Gasteiger partial charge is 0.256 e. The topological polar surface area (TPSA) is 38.7 Å². The molecule has 0 radical (unpaired) electrons. The zero-order valence-electron chi connectivity index (χ0n) is 34.2. The molecular weight excluding hydrogens is 727 g/mol. The van der Waals surface area contributed by atoms with Crippen LogP contribution in [0.15, 0.2) is 201 Å². The lowest BCUT2D eigenvalue weighted by molar-refractivity contribution is 0.913. The molecule has 3 heteroatoms. The molecule has 290 valence electrons. The lowest BCUT2D eigenvalue weighted by Crippen LogP contribution is -2.01. The van der Waals surface area contributed by atoms with Crippen LogP contribution in [-0.2, 0) is 25.7 Å². The first-order valence-corrected chi connectivity index (χ1v) is 20.9. The molecule has 3 aromatic heterocycles. The van der Waals surface area contributed by atoms with Crippen molar-refractivity contribution in [2.45, 2.75) is 39.5 Å². The molecular formula is C57H47N3. The molecule has 0 saturated heterocycles. The first-order chi connectivity index (χ1) is 29.6. The molecule has 0 aliphatic rings. The second-order valence-corrected chi connectivity index (χ2v) is 15.7. The average molecular weight is 774 g/mol. The number of nitrogens with zero attached hydrogens (tertiary/aromatic N) is 3. The smallest absolute Gasteiger partial charge is 0.0708 e. The second-order valence-electron chi connectivity index (χ2n) is 15.7. The van der Waals surface area contributed by atoms with Gasteiger partial charge in [-0.25, -0.2) is 0 Å². The normalized spacial score (nSPS) is 11.1. The molecule has 0 aliphatic carbocycles. The molecule has 0 amide bonds. The second kappa shape index (κ2) is 17.7. The molecule has 60 heavy (non-hydrogen) atoms. The van der Waals surface area contributed by atoms with Gasteiger partial charge < -0.3 is 0 Å². The summed E-state index contributed by atoms with van der Waals surface area (Å²) in [6, 6.07) is 64.7. The lowest BCUT2D eigenvalue weighted by Gasteiger charge is -2.18. The minimum Gasteiger partial charge on any atom is -0.256 e. The molecule has 0 fully saturated rings. The molecule has 3 heterocycles. The Balaban J connectivity index is 1.08. The van der Waals surface area contributed by atoms with Gasteiger partial charge in [0.15, 0.2) is 0 Å². The van der Waals surface area contributed by atoms with Gasteiger partial charge in [-0.3, -0.25) is 15.0 Å². The highest BCUT2D eigenvalue weighted by Crippen LogP contribution is 2.40. The molecule has 9 rings (SSSR count). The van der Waals surface area contributed by atoms with Crippen molar-refractivity contribution in [3.05, 3.63) is 234 Å². The Kier molecular flexibility index (Phi) is 11.3. The zero-order valence-corrected chi connectivity index (χ0v) is 34.2. The fourth-order valence-electron chi connectivity index (χ4n) is 8.25. The van der Waals surface area contributed by atoms with E-state index in [4.69, 9.17) is 15.0 Å². The molecule has 6 aromatic carbocycles. The predicted molar refractivity (Wildman–Crippen MR) is 250 cm³/mol. The maximum absolute atomic E-state index is 5.06. The van der Waals surface area contributed by atoms with Crippen molar-refractivity contribution in [3.8, 4) is 67.2 Å². The van der Waals surface area contributed by atoms with Gasteiger partial charge in [-0.15, -0.1) is 0 Å². The third kappa shape index (κ3) is 8.62. The fraction of sp³-hybridized carbons (Fsp3) is 0.105. The number of aryl methyl sites for hydroxylation is 6. The van der Waals surface area contributed by atoms with E-state index >= 15 is 0 Å². The molecule has 0 bridgehead atoms. The number of pyridine rings is 3. The van der Waals surface area contributed by atoms with Crippen LogP contribution < -0.4 is 0 Å². The first kappa shape index (κ1) is 38.3. The maximum Gasteiger partial charge on any atom is 0.0708 e. The zero-order chi connectivity index (χ0) is 40.7. The Hall–Kier alpha value is -7.23. The Bertz CT molecular complexity index is 2760. The number of rotatable bonds is 12. The van der Waals surface area contributed by atoms with Gasteiger partial charge in [0.05, 0.1) is 17.1 Å². The van der Waals surface area contributed by atoms with E-state index in [1.165, 1.54) is 55.6 Å². The van der Waals surface area contributed by atoms with E-state index in [1.54, 1.807) is 0 Å². The van der Waals surface area contributed by atoms with Gasteiger partial charge in [0.2, 0.25) is 0 Å². The van der Waals surface area contributed by atoms with Crippen LogP contribution in [0.4, 0.5) is 0 Å². The van der Waals surface area contributed by atoms with Crippen LogP contribution in [0, 0.1) is 13.8 Å². The van der Waals surface area contributed by atoms with Crippen molar-refractivity contribution in [3.63, 3.8) is 0 Å². The maximum atomic E-state index is 5.06. The summed E-state index contributed by atoms with van der Waals surface area (Å²) >= 11 is 0. The van der Waals surface area contributed by atoms with E-state index in [9.17, 15) is 0 Å². The van der Waals surface area contributed by atoms with Gasteiger partial charge >= 0.3 is 0 Å². The standard InChI is InChI=1S/C57H47N3/c1-40-31-55(45-19-9-4-10-20-45)58-37-48(40)29-27-42-33-43(28-30-49-38-59-56(32-41(49)2)46-21-11-5-12-22-46)35-50(34-42)51-25-15-16-26-52(51)54-39-60-57(47-23-13-6-14-24-47)36-53(54)44-17-7-3-8-18-44/h3-26,31-39H,27-30H2,1-2H3. The van der Waals surface area contributed by atoms with E-state index in [0.29, 0.717) is 0 Å². The fourth-order valence-corrected chi connectivity index (χ4v) is 8.25. The minimum absolute atomic E-state index is 0.908. The third-order valence-electron chi connectivity index (χ3n) is 11.6. The summed E-state index contributed by atoms with van der Waals surface area (Å²) in [6.45, 7) is 4.42. The SMILES string of the molecule is Cc1cc(-c2ccccc2)ncc1CCc1cc(CCc2cnc(-c3ccccc3)cc2C)cc(-c2ccccc2-c2cnc(-c3ccccc3)cc2-c2ccccc2)c1. The molecule has 0 saturated carbocycles. The Morgan fingerprint density at radius 3 is 1.17 bits per heavy atom. The van der Waals surface area contributed by atoms with Crippen LogP contribution in [0.5, 0.6) is 0 Å². The van der Waals surface area contributed by atoms with E-state index in [-0.39, 0.29) is 0 Å². The number of benzene rings is 6. The van der Waals surface area contributed by atoms with Gasteiger partial charge in [-0.05, 0) is 119 Å². The van der Waals surface area contributed by atoms with Crippen LogP contribution in [0.25, 0.3) is 67.2 Å². The van der Waals surface area contributed by atoms with E-state index in [2.05, 4.69) is 196 Å². The predicted octanol–water partition coefficient (Wildman–Crippen LogP) is 14.1. The summed E-state index contributed by atoms with van der Waals surface area (Å²) in [7, 11) is 0. The molecule has 0 N–H and O–H groups in total. The van der Waals surface area contributed by atoms with Crippen molar-refractivity contribution < 1.29 is 0 Å². The van der Waals surface area contributed by atoms with Crippen molar-refractivity contribution in [2.24, 2.45) is 0 Å². The summed E-state index contributed by atoms with van der Waals surface area (Å²) in [5.41, 5.74) is 21.1. The molecule has 0 spiro atoms. The van der Waals surface area contributed by atoms with E-state index < -0.39 is 0 Å². The van der Waals surface area contributed by atoms with Crippen molar-refractivity contribution >= 4 is 0 Å². The Labute approximate surface area is 354 Å². The van der Waals surface area contributed by atoms with Crippen LogP contribution in [0.2, 0.25) is 0 Å². The lowest BCUT2D eigenvalue weighted by atomic mass is 9.87. The molecule has 3 nitrogen and oxygen atoms in total. The first-order valence-electron chi connectivity index (χ1n) is 20.9. The summed E-state index contributed by atoms with van der Waals surface area (Å²) in [6.07, 6.45) is 9.85. The summed E-state index contributed by atoms with van der Waals surface area (Å²) in [5, 5.41) is 0. The van der Waals surface area contributed by atoms with Gasteiger partial charge in [0, 0.05) is 40.8 Å². The molecule has 9 aromatic rings. The molecule has 0 atom stereocenters. The van der Waals surface area contributed by atoms with Gasteiger partial charge in [0.1, 0.15) is 0 Å². The highest BCUT2D eigenvalue weighted by molar-refractivity contribution is 5.92. The summed E-state index contributed by atoms with van der Waals surface area (Å²) < 4.78 is 0. The molecule has 0 unspecified atom stereocenters. The van der Waals surface area contributed by atoms with Crippen molar-refractivity contribution in [1.82, 2.24) is 15.0 Å². The van der Waals surface area contributed by atoms with E-state index in [0.717, 1.165) is 70.6 Å². The van der Waals surface area contributed by atoms with Gasteiger partial charge in [0.25, 0.3) is 0 Å². The average Bonchev–Trinajstić information content (AvgIpc) is 3.31. The van der Waals surface area contributed by atoms with Gasteiger partial charge in [-0.1, -0.05) is 164 Å². The van der Waals surface area contributed by atoms with Crippen LogP contribution in [0.3, 0.4) is 0 Å². The Morgan fingerprint density at radius 1 is 0.300 bits per heavy atom. The summed E-state index contributed by atoms with van der Waals surface area (Å²) in [4.78, 5) is 14.8.